The molecule has 4 saturated carbocycles. The molecular weight excluding hydrogens is 252 g/mol. The van der Waals surface area contributed by atoms with Crippen LogP contribution in [0.2, 0.25) is 0 Å². The van der Waals surface area contributed by atoms with Crippen molar-refractivity contribution >= 4 is 5.97 Å². The van der Waals surface area contributed by atoms with E-state index < -0.39 is 5.97 Å². The fourth-order valence-corrected chi connectivity index (χ4v) is 5.37. The van der Waals surface area contributed by atoms with Gasteiger partial charge in [-0.1, -0.05) is 0 Å². The molecule has 4 aliphatic carbocycles. The molecule has 0 spiro atoms. The highest BCUT2D eigenvalue weighted by Gasteiger charge is 2.52. The Kier molecular flexibility index (Phi) is 2.48. The predicted molar refractivity (Wildman–Crippen MR) is 73.6 cm³/mol. The van der Waals surface area contributed by atoms with E-state index in [9.17, 15) is 9.90 Å². The van der Waals surface area contributed by atoms with Crippen LogP contribution in [0.3, 0.4) is 0 Å². The van der Waals surface area contributed by atoms with Crippen molar-refractivity contribution in [3.05, 3.63) is 23.3 Å². The third-order valence-corrected chi connectivity index (χ3v) is 5.64. The lowest BCUT2D eigenvalue weighted by atomic mass is 9.49. The van der Waals surface area contributed by atoms with Gasteiger partial charge in [0.25, 0.3) is 0 Å². The first kappa shape index (κ1) is 12.3. The molecule has 4 heteroatoms. The minimum absolute atomic E-state index is 0.145. The number of rotatable bonds is 2. The van der Waals surface area contributed by atoms with Crippen molar-refractivity contribution in [3.63, 3.8) is 0 Å². The van der Waals surface area contributed by atoms with Gasteiger partial charge in [0.05, 0.1) is 5.69 Å². The zero-order chi connectivity index (χ0) is 13.9. The highest BCUT2D eigenvalue weighted by atomic mass is 16.4. The Morgan fingerprint density at radius 2 is 1.70 bits per heavy atom. The standard InChI is InChI=1S/C16H20N2O2/c1-9-17-13(15(19)20)5-14(18-9)16-6-10-2-11(7-16)4-12(3-10)8-16/h5,10-12H,2-4,6-8H2,1H3,(H,19,20). The molecule has 1 aromatic rings. The predicted octanol–water partition coefficient (Wildman–Crippen LogP) is 2.95. The molecule has 0 unspecified atom stereocenters. The van der Waals surface area contributed by atoms with Gasteiger partial charge in [-0.05, 0) is 69.3 Å². The van der Waals surface area contributed by atoms with E-state index in [1.165, 1.54) is 38.5 Å². The number of carboxylic acids is 1. The molecule has 5 rings (SSSR count). The normalized spacial score (nSPS) is 38.1. The number of aromatic carboxylic acids is 1. The number of nitrogens with zero attached hydrogens (tertiary/aromatic N) is 2. The molecule has 0 saturated heterocycles. The molecule has 4 nitrogen and oxygen atoms in total. The summed E-state index contributed by atoms with van der Waals surface area (Å²) >= 11 is 0. The summed E-state index contributed by atoms with van der Waals surface area (Å²) in [5, 5.41) is 9.23. The van der Waals surface area contributed by atoms with Crippen LogP contribution in [-0.4, -0.2) is 21.0 Å². The zero-order valence-electron chi connectivity index (χ0n) is 11.8. The number of hydrogen-bond acceptors (Lipinski definition) is 3. The number of carbonyl (C=O) groups is 1. The second kappa shape index (κ2) is 4.03. The third kappa shape index (κ3) is 1.77. The first-order chi connectivity index (χ1) is 9.54. The maximum Gasteiger partial charge on any atom is 0.354 e. The monoisotopic (exact) mass is 272 g/mol. The molecule has 4 fully saturated rings. The van der Waals surface area contributed by atoms with Gasteiger partial charge in [0.1, 0.15) is 5.82 Å². The molecule has 0 amide bonds. The molecule has 20 heavy (non-hydrogen) atoms. The Labute approximate surface area is 118 Å². The molecule has 1 heterocycles. The quantitative estimate of drug-likeness (QED) is 0.899. The molecular formula is C16H20N2O2. The summed E-state index contributed by atoms with van der Waals surface area (Å²) in [5.74, 6) is 2.16. The van der Waals surface area contributed by atoms with Gasteiger partial charge in [0.15, 0.2) is 5.69 Å². The molecule has 0 aliphatic heterocycles. The van der Waals surface area contributed by atoms with Crippen LogP contribution in [0.1, 0.15) is 60.5 Å². The molecule has 1 aromatic heterocycles. The number of aromatic nitrogens is 2. The van der Waals surface area contributed by atoms with E-state index in [2.05, 4.69) is 9.97 Å². The molecule has 4 bridgehead atoms. The molecule has 0 radical (unpaired) electrons. The average molecular weight is 272 g/mol. The van der Waals surface area contributed by atoms with Gasteiger partial charge in [0.2, 0.25) is 0 Å². The van der Waals surface area contributed by atoms with Crippen molar-refractivity contribution in [2.45, 2.75) is 50.9 Å². The maximum absolute atomic E-state index is 11.2. The van der Waals surface area contributed by atoms with E-state index in [0.717, 1.165) is 23.4 Å². The lowest BCUT2D eigenvalue weighted by Gasteiger charge is -2.56. The van der Waals surface area contributed by atoms with Gasteiger partial charge >= 0.3 is 5.97 Å². The summed E-state index contributed by atoms with van der Waals surface area (Å²) in [6.07, 6.45) is 7.76. The Balaban J connectivity index is 1.78. The largest absolute Gasteiger partial charge is 0.477 e. The van der Waals surface area contributed by atoms with Gasteiger partial charge in [-0.2, -0.15) is 0 Å². The van der Waals surface area contributed by atoms with Crippen molar-refractivity contribution in [1.29, 1.82) is 0 Å². The van der Waals surface area contributed by atoms with Gasteiger partial charge in [0, 0.05) is 5.41 Å². The molecule has 4 aliphatic rings. The minimum atomic E-state index is -0.943. The van der Waals surface area contributed by atoms with E-state index in [0.29, 0.717) is 5.82 Å². The second-order valence-electron chi connectivity index (χ2n) is 7.19. The summed E-state index contributed by atoms with van der Waals surface area (Å²) < 4.78 is 0. The summed E-state index contributed by atoms with van der Waals surface area (Å²) in [4.78, 5) is 19.9. The van der Waals surface area contributed by atoms with E-state index in [-0.39, 0.29) is 11.1 Å². The first-order valence-corrected chi connectivity index (χ1v) is 7.63. The summed E-state index contributed by atoms with van der Waals surface area (Å²) in [6.45, 7) is 1.80. The van der Waals surface area contributed by atoms with Crippen molar-refractivity contribution in [1.82, 2.24) is 9.97 Å². The Morgan fingerprint density at radius 3 is 2.20 bits per heavy atom. The Bertz CT molecular complexity index is 547. The second-order valence-corrected chi connectivity index (χ2v) is 7.19. The maximum atomic E-state index is 11.2. The topological polar surface area (TPSA) is 63.1 Å². The van der Waals surface area contributed by atoms with Crippen molar-refractivity contribution in [2.24, 2.45) is 17.8 Å². The van der Waals surface area contributed by atoms with Crippen LogP contribution in [-0.2, 0) is 5.41 Å². The van der Waals surface area contributed by atoms with Crippen LogP contribution in [0.5, 0.6) is 0 Å². The summed E-state index contributed by atoms with van der Waals surface area (Å²) in [6, 6.07) is 1.74. The zero-order valence-corrected chi connectivity index (χ0v) is 11.8. The van der Waals surface area contributed by atoms with Crippen LogP contribution in [0, 0.1) is 24.7 Å². The smallest absolute Gasteiger partial charge is 0.354 e. The lowest BCUT2D eigenvalue weighted by molar-refractivity contribution is -0.00738. The van der Waals surface area contributed by atoms with Crippen molar-refractivity contribution in [3.8, 4) is 0 Å². The van der Waals surface area contributed by atoms with Gasteiger partial charge in [-0.25, -0.2) is 14.8 Å². The van der Waals surface area contributed by atoms with E-state index >= 15 is 0 Å². The molecule has 106 valence electrons. The van der Waals surface area contributed by atoms with Crippen molar-refractivity contribution < 1.29 is 9.90 Å². The van der Waals surface area contributed by atoms with Crippen LogP contribution in [0.15, 0.2) is 6.07 Å². The van der Waals surface area contributed by atoms with E-state index in [1.807, 2.05) is 0 Å². The summed E-state index contributed by atoms with van der Waals surface area (Å²) in [7, 11) is 0. The third-order valence-electron chi connectivity index (χ3n) is 5.64. The summed E-state index contributed by atoms with van der Waals surface area (Å²) in [5.41, 5.74) is 1.30. The van der Waals surface area contributed by atoms with E-state index in [1.54, 1.807) is 13.0 Å². The lowest BCUT2D eigenvalue weighted by Crippen LogP contribution is -2.49. The SMILES string of the molecule is Cc1nc(C(=O)O)cc(C23CC4CC(CC(C4)C2)C3)n1. The molecule has 1 N–H and O–H groups in total. The highest BCUT2D eigenvalue weighted by Crippen LogP contribution is 2.60. The number of carboxylic acid groups (broad SMARTS) is 1. The van der Waals surface area contributed by atoms with Crippen molar-refractivity contribution in [2.75, 3.05) is 0 Å². The molecule has 0 atom stereocenters. The Morgan fingerprint density at radius 1 is 1.15 bits per heavy atom. The number of hydrogen-bond donors (Lipinski definition) is 1. The fraction of sp³-hybridized carbons (Fsp3) is 0.688. The van der Waals surface area contributed by atoms with Gasteiger partial charge < -0.3 is 5.11 Å². The highest BCUT2D eigenvalue weighted by molar-refractivity contribution is 5.85. The van der Waals surface area contributed by atoms with Crippen LogP contribution >= 0.6 is 0 Å². The van der Waals surface area contributed by atoms with Crippen LogP contribution in [0.4, 0.5) is 0 Å². The van der Waals surface area contributed by atoms with E-state index in [4.69, 9.17) is 0 Å². The average Bonchev–Trinajstić information content (AvgIpc) is 2.36. The fourth-order valence-electron chi connectivity index (χ4n) is 5.37. The Hall–Kier alpha value is -1.45. The van der Waals surface area contributed by atoms with Crippen LogP contribution in [0.25, 0.3) is 0 Å². The minimum Gasteiger partial charge on any atom is -0.477 e. The van der Waals surface area contributed by atoms with Gasteiger partial charge in [-0.3, -0.25) is 0 Å². The van der Waals surface area contributed by atoms with Crippen LogP contribution < -0.4 is 0 Å². The molecule has 0 aromatic carbocycles. The van der Waals surface area contributed by atoms with Gasteiger partial charge in [-0.15, -0.1) is 0 Å². The number of aryl methyl sites for hydroxylation is 1. The first-order valence-electron chi connectivity index (χ1n) is 7.63.